The van der Waals surface area contributed by atoms with Crippen LogP contribution in [-0.4, -0.2) is 53.8 Å². The first-order valence-corrected chi connectivity index (χ1v) is 9.99. The number of hydrogen-bond acceptors (Lipinski definition) is 3. The fourth-order valence-electron chi connectivity index (χ4n) is 4.01. The molecule has 5 nitrogen and oxygen atoms in total. The number of likely N-dealkylation sites (tertiary alicyclic amines) is 2. The quantitative estimate of drug-likeness (QED) is 0.880. The minimum absolute atomic E-state index is 0.0623. The van der Waals surface area contributed by atoms with Crippen molar-refractivity contribution in [1.29, 1.82) is 0 Å². The minimum Gasteiger partial charge on any atom is -0.352 e. The average Bonchev–Trinajstić information content (AvgIpc) is 2.72. The molecule has 0 aliphatic carbocycles. The normalized spacial score (nSPS) is 20.6. The average molecular weight is 357 g/mol. The highest BCUT2D eigenvalue weighted by atomic mass is 16.2. The summed E-state index contributed by atoms with van der Waals surface area (Å²) >= 11 is 0. The Hall–Kier alpha value is -1.88. The molecule has 2 amide bonds. The first-order chi connectivity index (χ1) is 12.6. The summed E-state index contributed by atoms with van der Waals surface area (Å²) in [5.74, 6) is 0.465. The minimum atomic E-state index is -0.0681. The predicted molar refractivity (Wildman–Crippen MR) is 102 cm³/mol. The number of nitrogens with one attached hydrogen (secondary N) is 1. The molecule has 0 spiro atoms. The molecular weight excluding hydrogens is 326 g/mol. The molecule has 2 heterocycles. The van der Waals surface area contributed by atoms with Crippen molar-refractivity contribution in [2.24, 2.45) is 5.92 Å². The van der Waals surface area contributed by atoms with Crippen molar-refractivity contribution < 1.29 is 9.59 Å². The van der Waals surface area contributed by atoms with Crippen molar-refractivity contribution in [2.45, 2.75) is 51.6 Å². The highest BCUT2D eigenvalue weighted by molar-refractivity contribution is 5.82. The van der Waals surface area contributed by atoms with Crippen LogP contribution >= 0.6 is 0 Å². The second-order valence-corrected chi connectivity index (χ2v) is 7.58. The zero-order valence-corrected chi connectivity index (χ0v) is 15.8. The van der Waals surface area contributed by atoms with Gasteiger partial charge in [0.25, 0.3) is 0 Å². The van der Waals surface area contributed by atoms with Gasteiger partial charge in [0, 0.05) is 25.6 Å². The van der Waals surface area contributed by atoms with Gasteiger partial charge < -0.3 is 10.2 Å². The maximum absolute atomic E-state index is 12.7. The van der Waals surface area contributed by atoms with E-state index in [1.54, 1.807) is 0 Å². The van der Waals surface area contributed by atoms with Crippen LogP contribution in [0.2, 0.25) is 0 Å². The molecule has 26 heavy (non-hydrogen) atoms. The molecule has 142 valence electrons. The van der Waals surface area contributed by atoms with Crippen LogP contribution in [-0.2, 0) is 16.1 Å². The third-order valence-electron chi connectivity index (χ3n) is 5.78. The highest BCUT2D eigenvalue weighted by Gasteiger charge is 2.31. The van der Waals surface area contributed by atoms with Gasteiger partial charge >= 0.3 is 0 Å². The van der Waals surface area contributed by atoms with Crippen LogP contribution in [0.3, 0.4) is 0 Å². The second-order valence-electron chi connectivity index (χ2n) is 7.58. The van der Waals surface area contributed by atoms with Crippen LogP contribution < -0.4 is 5.32 Å². The van der Waals surface area contributed by atoms with E-state index in [4.69, 9.17) is 0 Å². The van der Waals surface area contributed by atoms with Gasteiger partial charge in [0.1, 0.15) is 0 Å². The van der Waals surface area contributed by atoms with E-state index in [0.29, 0.717) is 6.54 Å². The van der Waals surface area contributed by atoms with Crippen molar-refractivity contribution >= 4 is 11.8 Å². The predicted octanol–water partition coefficient (Wildman–Crippen LogP) is 2.42. The van der Waals surface area contributed by atoms with Gasteiger partial charge in [-0.25, -0.2) is 0 Å². The Morgan fingerprint density at radius 2 is 1.69 bits per heavy atom. The lowest BCUT2D eigenvalue weighted by Gasteiger charge is -2.38. The van der Waals surface area contributed by atoms with Crippen LogP contribution in [0.1, 0.15) is 44.6 Å². The highest BCUT2D eigenvalue weighted by Crippen LogP contribution is 2.21. The second kappa shape index (κ2) is 9.17. The number of rotatable bonds is 5. The van der Waals surface area contributed by atoms with E-state index in [0.717, 1.165) is 57.4 Å². The Balaban J connectivity index is 1.43. The van der Waals surface area contributed by atoms with Crippen LogP contribution in [0.25, 0.3) is 0 Å². The summed E-state index contributed by atoms with van der Waals surface area (Å²) in [4.78, 5) is 29.4. The van der Waals surface area contributed by atoms with E-state index in [1.165, 1.54) is 6.42 Å². The summed E-state index contributed by atoms with van der Waals surface area (Å²) in [5.41, 5.74) is 1.12. The SMILES string of the molecule is CC(C(=O)N1CCCCC1)N1CCC(C(=O)NCc2ccccc2)CC1. The molecule has 1 N–H and O–H groups in total. The number of hydrogen-bond donors (Lipinski definition) is 1. The van der Waals surface area contributed by atoms with Gasteiger partial charge in [-0.1, -0.05) is 30.3 Å². The molecular formula is C21H31N3O2. The summed E-state index contributed by atoms with van der Waals surface area (Å²) in [5, 5.41) is 3.05. The lowest BCUT2D eigenvalue weighted by Crippen LogP contribution is -2.51. The molecule has 1 aromatic rings. The number of amides is 2. The molecule has 3 rings (SSSR count). The molecule has 2 aliphatic heterocycles. The molecule has 0 saturated carbocycles. The van der Waals surface area contributed by atoms with Gasteiger partial charge in [0.15, 0.2) is 0 Å². The van der Waals surface area contributed by atoms with Crippen LogP contribution in [0, 0.1) is 5.92 Å². The summed E-state index contributed by atoms with van der Waals surface area (Å²) < 4.78 is 0. The third kappa shape index (κ3) is 4.85. The maximum Gasteiger partial charge on any atom is 0.239 e. The first-order valence-electron chi connectivity index (χ1n) is 9.99. The van der Waals surface area contributed by atoms with E-state index in [1.807, 2.05) is 42.2 Å². The number of carbonyl (C=O) groups excluding carboxylic acids is 2. The van der Waals surface area contributed by atoms with Gasteiger partial charge in [-0.05, 0) is 57.7 Å². The molecule has 1 aromatic carbocycles. The lowest BCUT2D eigenvalue weighted by molar-refractivity contribution is -0.138. The van der Waals surface area contributed by atoms with Crippen molar-refractivity contribution in [1.82, 2.24) is 15.1 Å². The molecule has 2 fully saturated rings. The van der Waals surface area contributed by atoms with Gasteiger partial charge in [0.05, 0.1) is 6.04 Å². The molecule has 1 unspecified atom stereocenters. The van der Waals surface area contributed by atoms with E-state index < -0.39 is 0 Å². The van der Waals surface area contributed by atoms with Gasteiger partial charge in [0.2, 0.25) is 11.8 Å². The molecule has 0 aromatic heterocycles. The van der Waals surface area contributed by atoms with Gasteiger partial charge in [-0.2, -0.15) is 0 Å². The number of carbonyl (C=O) groups is 2. The Bertz CT molecular complexity index is 591. The first kappa shape index (κ1) is 18.9. The van der Waals surface area contributed by atoms with Crippen molar-refractivity contribution in [3.05, 3.63) is 35.9 Å². The number of benzene rings is 1. The number of piperidine rings is 2. The fraction of sp³-hybridized carbons (Fsp3) is 0.619. The standard InChI is InChI=1S/C21H31N3O2/c1-17(21(26)24-12-6-3-7-13-24)23-14-10-19(11-15-23)20(25)22-16-18-8-4-2-5-9-18/h2,4-5,8-9,17,19H,3,6-7,10-16H2,1H3,(H,22,25). The largest absolute Gasteiger partial charge is 0.352 e. The Labute approximate surface area is 156 Å². The van der Waals surface area contributed by atoms with Crippen molar-refractivity contribution in [3.8, 4) is 0 Å². The van der Waals surface area contributed by atoms with Crippen molar-refractivity contribution in [3.63, 3.8) is 0 Å². The van der Waals surface area contributed by atoms with E-state index >= 15 is 0 Å². The molecule has 5 heteroatoms. The number of nitrogens with zero attached hydrogens (tertiary/aromatic N) is 2. The van der Waals surface area contributed by atoms with Crippen LogP contribution in [0.15, 0.2) is 30.3 Å². The van der Waals surface area contributed by atoms with Crippen LogP contribution in [0.5, 0.6) is 0 Å². The molecule has 1 atom stereocenters. The Kier molecular flexibility index (Phi) is 6.67. The summed E-state index contributed by atoms with van der Waals surface area (Å²) in [6, 6.07) is 9.93. The zero-order chi connectivity index (χ0) is 18.4. The zero-order valence-electron chi connectivity index (χ0n) is 15.8. The Morgan fingerprint density at radius 3 is 2.35 bits per heavy atom. The monoisotopic (exact) mass is 357 g/mol. The van der Waals surface area contributed by atoms with E-state index in [2.05, 4.69) is 10.2 Å². The van der Waals surface area contributed by atoms with Crippen molar-refractivity contribution in [2.75, 3.05) is 26.2 Å². The molecule has 0 bridgehead atoms. The third-order valence-corrected chi connectivity index (χ3v) is 5.78. The van der Waals surface area contributed by atoms with Gasteiger partial charge in [-0.15, -0.1) is 0 Å². The topological polar surface area (TPSA) is 52.7 Å². The summed E-state index contributed by atoms with van der Waals surface area (Å²) in [6.45, 7) is 6.06. The van der Waals surface area contributed by atoms with E-state index in [9.17, 15) is 9.59 Å². The smallest absolute Gasteiger partial charge is 0.239 e. The summed E-state index contributed by atoms with van der Waals surface area (Å²) in [7, 11) is 0. The molecule has 2 aliphatic rings. The van der Waals surface area contributed by atoms with Crippen LogP contribution in [0.4, 0.5) is 0 Å². The Morgan fingerprint density at radius 1 is 1.04 bits per heavy atom. The summed E-state index contributed by atoms with van der Waals surface area (Å²) in [6.07, 6.45) is 5.16. The van der Waals surface area contributed by atoms with Gasteiger partial charge in [-0.3, -0.25) is 14.5 Å². The molecule has 0 radical (unpaired) electrons. The fourth-order valence-corrected chi connectivity index (χ4v) is 4.01. The van der Waals surface area contributed by atoms with E-state index in [-0.39, 0.29) is 23.8 Å². The molecule has 2 saturated heterocycles. The maximum atomic E-state index is 12.7. The lowest BCUT2D eigenvalue weighted by atomic mass is 9.94.